The van der Waals surface area contributed by atoms with Crippen LogP contribution in [0.2, 0.25) is 0 Å². The maximum Gasteiger partial charge on any atom is 0.303 e. The highest BCUT2D eigenvalue weighted by Crippen LogP contribution is 2.33. The normalized spacial score (nSPS) is 23.9. The van der Waals surface area contributed by atoms with Crippen molar-refractivity contribution in [2.75, 3.05) is 46.2 Å². The Morgan fingerprint density at radius 3 is 2.20 bits per heavy atom. The van der Waals surface area contributed by atoms with E-state index in [9.17, 15) is 14.4 Å². The number of carbonyl (C=O) groups excluding carboxylic acids is 3. The first-order chi connectivity index (χ1) is 16.8. The van der Waals surface area contributed by atoms with Gasteiger partial charge in [0.1, 0.15) is 6.61 Å². The summed E-state index contributed by atoms with van der Waals surface area (Å²) >= 11 is 0. The molecule has 1 amide bonds. The molecule has 1 aromatic rings. The monoisotopic (exact) mass is 495 g/mol. The Hall–Kier alpha value is -2.53. The molecule has 5 atom stereocenters. The molecule has 1 aliphatic heterocycles. The first-order valence-corrected chi connectivity index (χ1v) is 11.9. The first kappa shape index (κ1) is 28.7. The predicted molar refractivity (Wildman–Crippen MR) is 126 cm³/mol. The average Bonchev–Trinajstić information content (AvgIpc) is 2.83. The molecule has 35 heavy (non-hydrogen) atoms. The molecule has 1 aliphatic rings. The molecule has 1 heterocycles. The van der Waals surface area contributed by atoms with Crippen LogP contribution in [0.4, 0.5) is 0 Å². The maximum atomic E-state index is 11.9. The highest BCUT2D eigenvalue weighted by atomic mass is 16.7. The molecule has 196 valence electrons. The molecular weight excluding hydrogens is 458 g/mol. The molecule has 0 radical (unpaired) electrons. The molecule has 2 rings (SSSR count). The summed E-state index contributed by atoms with van der Waals surface area (Å²) in [6.07, 6.45) is -1.74. The van der Waals surface area contributed by atoms with E-state index < -0.39 is 18.4 Å². The standard InChI is InChI=1S/C25H37NO9/c1-17-18(2)23(34-20(4)28)25(35-22(17)16-33-19(3)27)32-15-14-31-13-12-30-11-10-26-24(29)21-8-6-5-7-9-21/h5-9,17-18,22-23,25H,10-16H2,1-4H3,(H,26,29)/t17-,18?,22?,23+,25-/m0/s1. The van der Waals surface area contributed by atoms with Crippen LogP contribution in [0.1, 0.15) is 38.1 Å². The van der Waals surface area contributed by atoms with Crippen molar-refractivity contribution in [3.8, 4) is 0 Å². The molecule has 0 saturated carbocycles. The molecule has 0 aromatic heterocycles. The van der Waals surface area contributed by atoms with Gasteiger partial charge in [0.2, 0.25) is 0 Å². The molecule has 1 fully saturated rings. The second kappa shape index (κ2) is 15.5. The molecule has 1 saturated heterocycles. The lowest BCUT2D eigenvalue weighted by atomic mass is 9.83. The van der Waals surface area contributed by atoms with Crippen LogP contribution in [0, 0.1) is 11.8 Å². The second-order valence-electron chi connectivity index (χ2n) is 8.36. The van der Waals surface area contributed by atoms with Gasteiger partial charge in [0.25, 0.3) is 5.91 Å². The van der Waals surface area contributed by atoms with Crippen molar-refractivity contribution in [1.29, 1.82) is 0 Å². The molecule has 10 heteroatoms. The maximum absolute atomic E-state index is 11.9. The summed E-state index contributed by atoms with van der Waals surface area (Å²) in [5.74, 6) is -1.02. The SMILES string of the molecule is CC(=O)OCC1O[C@H](OCCOCCOCCNC(=O)c2ccccc2)[C@H](OC(C)=O)C(C)[C@@H]1C. The minimum absolute atomic E-state index is 0.00979. The minimum Gasteiger partial charge on any atom is -0.463 e. The third kappa shape index (κ3) is 10.3. The van der Waals surface area contributed by atoms with Crippen LogP contribution in [0.15, 0.2) is 30.3 Å². The van der Waals surface area contributed by atoms with Crippen LogP contribution in [0.5, 0.6) is 0 Å². The van der Waals surface area contributed by atoms with Crippen LogP contribution >= 0.6 is 0 Å². The third-order valence-corrected chi connectivity index (χ3v) is 5.71. The molecule has 1 N–H and O–H groups in total. The summed E-state index contributed by atoms with van der Waals surface area (Å²) in [5.41, 5.74) is 0.607. The summed E-state index contributed by atoms with van der Waals surface area (Å²) in [5, 5.41) is 2.79. The fourth-order valence-electron chi connectivity index (χ4n) is 3.61. The Bertz CT molecular complexity index is 786. The van der Waals surface area contributed by atoms with Gasteiger partial charge in [-0.3, -0.25) is 14.4 Å². The highest BCUT2D eigenvalue weighted by Gasteiger charge is 2.44. The number of nitrogens with one attached hydrogen (secondary N) is 1. The quantitative estimate of drug-likeness (QED) is 0.305. The Kier molecular flexibility index (Phi) is 12.7. The number of benzene rings is 1. The Morgan fingerprint density at radius 2 is 1.54 bits per heavy atom. The molecule has 0 spiro atoms. The summed E-state index contributed by atoms with van der Waals surface area (Å²) < 4.78 is 33.3. The molecule has 0 bridgehead atoms. The highest BCUT2D eigenvalue weighted by molar-refractivity contribution is 5.94. The van der Waals surface area contributed by atoms with Crippen molar-refractivity contribution < 1.29 is 42.8 Å². The number of esters is 2. The summed E-state index contributed by atoms with van der Waals surface area (Å²) in [6.45, 7) is 8.72. The van der Waals surface area contributed by atoms with E-state index in [1.165, 1.54) is 13.8 Å². The number of carbonyl (C=O) groups is 3. The van der Waals surface area contributed by atoms with Gasteiger partial charge in [-0.1, -0.05) is 32.0 Å². The van der Waals surface area contributed by atoms with Crippen molar-refractivity contribution in [1.82, 2.24) is 5.32 Å². The fourth-order valence-corrected chi connectivity index (χ4v) is 3.61. The van der Waals surface area contributed by atoms with Crippen molar-refractivity contribution in [2.45, 2.75) is 46.2 Å². The van der Waals surface area contributed by atoms with Gasteiger partial charge in [-0.05, 0) is 18.1 Å². The van der Waals surface area contributed by atoms with E-state index in [1.807, 2.05) is 32.0 Å². The Morgan fingerprint density at radius 1 is 0.886 bits per heavy atom. The van der Waals surface area contributed by atoms with E-state index in [0.717, 1.165) is 0 Å². The zero-order valence-electron chi connectivity index (χ0n) is 20.9. The van der Waals surface area contributed by atoms with E-state index in [4.69, 9.17) is 28.4 Å². The van der Waals surface area contributed by atoms with Gasteiger partial charge in [-0.15, -0.1) is 0 Å². The van der Waals surface area contributed by atoms with Gasteiger partial charge in [0, 0.05) is 31.9 Å². The van der Waals surface area contributed by atoms with E-state index in [-0.39, 0.29) is 43.0 Å². The summed E-state index contributed by atoms with van der Waals surface area (Å²) in [4.78, 5) is 34.7. The van der Waals surface area contributed by atoms with Gasteiger partial charge < -0.3 is 33.7 Å². The number of rotatable bonds is 14. The van der Waals surface area contributed by atoms with Crippen LogP contribution < -0.4 is 5.32 Å². The first-order valence-electron chi connectivity index (χ1n) is 11.9. The summed E-state index contributed by atoms with van der Waals surface area (Å²) in [7, 11) is 0. The number of ether oxygens (including phenoxy) is 6. The van der Waals surface area contributed by atoms with Gasteiger partial charge in [0.05, 0.1) is 39.1 Å². The van der Waals surface area contributed by atoms with Gasteiger partial charge in [0.15, 0.2) is 12.4 Å². The Balaban J connectivity index is 1.63. The zero-order valence-corrected chi connectivity index (χ0v) is 20.9. The lowest BCUT2D eigenvalue weighted by molar-refractivity contribution is -0.282. The topological polar surface area (TPSA) is 119 Å². The third-order valence-electron chi connectivity index (χ3n) is 5.71. The van der Waals surface area contributed by atoms with E-state index in [2.05, 4.69) is 5.32 Å². The van der Waals surface area contributed by atoms with Crippen molar-refractivity contribution in [2.24, 2.45) is 11.8 Å². The smallest absolute Gasteiger partial charge is 0.303 e. The van der Waals surface area contributed by atoms with Crippen molar-refractivity contribution >= 4 is 17.8 Å². The second-order valence-corrected chi connectivity index (χ2v) is 8.36. The average molecular weight is 496 g/mol. The molecule has 1 aromatic carbocycles. The van der Waals surface area contributed by atoms with Gasteiger partial charge in [-0.25, -0.2) is 0 Å². The van der Waals surface area contributed by atoms with E-state index >= 15 is 0 Å². The minimum atomic E-state index is -0.793. The number of amides is 1. The molecular formula is C25H37NO9. The number of hydrogen-bond acceptors (Lipinski definition) is 9. The van der Waals surface area contributed by atoms with Crippen LogP contribution in [0.25, 0.3) is 0 Å². The lowest BCUT2D eigenvalue weighted by Gasteiger charge is -2.43. The largest absolute Gasteiger partial charge is 0.463 e. The fraction of sp³-hybridized carbons (Fsp3) is 0.640. The van der Waals surface area contributed by atoms with Gasteiger partial charge >= 0.3 is 11.9 Å². The van der Waals surface area contributed by atoms with E-state index in [0.29, 0.717) is 38.5 Å². The number of hydrogen-bond donors (Lipinski definition) is 1. The van der Waals surface area contributed by atoms with Crippen LogP contribution in [0.3, 0.4) is 0 Å². The predicted octanol–water partition coefficient (Wildman–Crippen LogP) is 1.96. The molecule has 2 unspecified atom stereocenters. The van der Waals surface area contributed by atoms with Gasteiger partial charge in [-0.2, -0.15) is 0 Å². The van der Waals surface area contributed by atoms with Crippen molar-refractivity contribution in [3.05, 3.63) is 35.9 Å². The van der Waals surface area contributed by atoms with Crippen molar-refractivity contribution in [3.63, 3.8) is 0 Å². The lowest BCUT2D eigenvalue weighted by Crippen LogP contribution is -2.53. The van der Waals surface area contributed by atoms with Crippen LogP contribution in [-0.2, 0) is 38.0 Å². The zero-order chi connectivity index (χ0) is 25.6. The summed E-state index contributed by atoms with van der Waals surface area (Å²) in [6, 6.07) is 8.98. The Labute approximate surface area is 206 Å². The van der Waals surface area contributed by atoms with Crippen LogP contribution in [-0.4, -0.2) is 82.5 Å². The van der Waals surface area contributed by atoms with E-state index in [1.54, 1.807) is 12.1 Å². The molecule has 10 nitrogen and oxygen atoms in total. The molecule has 0 aliphatic carbocycles.